The summed E-state index contributed by atoms with van der Waals surface area (Å²) >= 11 is 0. The van der Waals surface area contributed by atoms with Crippen LogP contribution in [0.5, 0.6) is 0 Å². The molecule has 1 aliphatic heterocycles. The molecule has 4 nitrogen and oxygen atoms in total. The summed E-state index contributed by atoms with van der Waals surface area (Å²) in [5.74, 6) is 0.0894. The quantitative estimate of drug-likeness (QED) is 0.655. The second-order valence-corrected chi connectivity index (χ2v) is 5.08. The van der Waals surface area contributed by atoms with Gasteiger partial charge in [0.25, 0.3) is 0 Å². The summed E-state index contributed by atoms with van der Waals surface area (Å²) in [5.41, 5.74) is 5.61. The van der Waals surface area contributed by atoms with Crippen molar-refractivity contribution in [3.8, 4) is 0 Å². The van der Waals surface area contributed by atoms with Gasteiger partial charge in [-0.15, -0.1) is 0 Å². The maximum Gasteiger partial charge on any atom is 0.234 e. The molecule has 0 aliphatic carbocycles. The molecule has 0 spiro atoms. The first kappa shape index (κ1) is 11.5. The Morgan fingerprint density at radius 2 is 2.21 bits per heavy atom. The highest BCUT2D eigenvalue weighted by Gasteiger charge is 2.22. The van der Waals surface area contributed by atoms with Crippen molar-refractivity contribution in [1.82, 2.24) is 10.2 Å². The first-order valence-electron chi connectivity index (χ1n) is 5.16. The highest BCUT2D eigenvalue weighted by atomic mass is 16.2. The summed E-state index contributed by atoms with van der Waals surface area (Å²) in [6.07, 6.45) is 1.00. The zero-order chi connectivity index (χ0) is 10.8. The predicted octanol–water partition coefficient (Wildman–Crippen LogP) is -0.0659. The molecule has 0 aromatic rings. The third-order valence-electron chi connectivity index (χ3n) is 2.19. The van der Waals surface area contributed by atoms with Crippen LogP contribution >= 0.6 is 0 Å². The Balaban J connectivity index is 2.27. The lowest BCUT2D eigenvalue weighted by atomic mass is 10.1. The van der Waals surface area contributed by atoms with Crippen LogP contribution in [0.3, 0.4) is 0 Å². The van der Waals surface area contributed by atoms with Gasteiger partial charge in [-0.1, -0.05) is 0 Å². The fourth-order valence-electron chi connectivity index (χ4n) is 1.67. The van der Waals surface area contributed by atoms with E-state index in [1.165, 1.54) is 0 Å². The molecule has 0 saturated carbocycles. The summed E-state index contributed by atoms with van der Waals surface area (Å²) in [7, 11) is 0. The Morgan fingerprint density at radius 3 is 2.64 bits per heavy atom. The predicted molar refractivity (Wildman–Crippen MR) is 56.9 cm³/mol. The van der Waals surface area contributed by atoms with E-state index in [4.69, 9.17) is 5.73 Å². The van der Waals surface area contributed by atoms with Gasteiger partial charge in [-0.2, -0.15) is 0 Å². The van der Waals surface area contributed by atoms with Crippen LogP contribution in [-0.4, -0.2) is 42.0 Å². The molecule has 0 radical (unpaired) electrons. The lowest BCUT2D eigenvalue weighted by Crippen LogP contribution is -2.45. The van der Waals surface area contributed by atoms with Crippen LogP contribution in [0.2, 0.25) is 0 Å². The first-order chi connectivity index (χ1) is 6.37. The van der Waals surface area contributed by atoms with Crippen LogP contribution < -0.4 is 11.1 Å². The average Bonchev–Trinajstić information content (AvgIpc) is 2.30. The molecule has 0 aromatic carbocycles. The molecular weight excluding hydrogens is 178 g/mol. The molecule has 1 atom stereocenters. The standard InChI is InChI=1S/C10H21N3O/c1-10(2,3)12-9(14)7-13-5-4-8(11)6-13/h8H,4-7,11H2,1-3H3,(H,12,14)/t8-/m1/s1. The number of nitrogens with zero attached hydrogens (tertiary/aromatic N) is 1. The smallest absolute Gasteiger partial charge is 0.234 e. The lowest BCUT2D eigenvalue weighted by Gasteiger charge is -2.23. The number of amides is 1. The molecule has 82 valence electrons. The summed E-state index contributed by atoms with van der Waals surface area (Å²) in [6.45, 7) is 8.23. The van der Waals surface area contributed by atoms with Gasteiger partial charge >= 0.3 is 0 Å². The number of carbonyl (C=O) groups is 1. The molecule has 1 aliphatic rings. The maximum atomic E-state index is 11.5. The fraction of sp³-hybridized carbons (Fsp3) is 0.900. The van der Waals surface area contributed by atoms with Crippen molar-refractivity contribution in [1.29, 1.82) is 0 Å². The molecule has 1 amide bonds. The largest absolute Gasteiger partial charge is 0.350 e. The zero-order valence-corrected chi connectivity index (χ0v) is 9.34. The van der Waals surface area contributed by atoms with E-state index in [2.05, 4.69) is 10.2 Å². The Bertz CT molecular complexity index is 210. The van der Waals surface area contributed by atoms with Gasteiger partial charge in [0.2, 0.25) is 5.91 Å². The molecule has 0 bridgehead atoms. The van der Waals surface area contributed by atoms with Gasteiger partial charge in [-0.05, 0) is 27.2 Å². The molecular formula is C10H21N3O. The minimum atomic E-state index is -0.140. The van der Waals surface area contributed by atoms with Crippen LogP contribution in [-0.2, 0) is 4.79 Å². The van der Waals surface area contributed by atoms with Gasteiger partial charge in [-0.3, -0.25) is 9.69 Å². The molecule has 3 N–H and O–H groups in total. The van der Waals surface area contributed by atoms with Crippen molar-refractivity contribution in [3.05, 3.63) is 0 Å². The van der Waals surface area contributed by atoms with Gasteiger partial charge in [0.05, 0.1) is 6.54 Å². The van der Waals surface area contributed by atoms with E-state index >= 15 is 0 Å². The molecule has 1 fully saturated rings. The monoisotopic (exact) mass is 199 g/mol. The van der Waals surface area contributed by atoms with E-state index in [-0.39, 0.29) is 17.5 Å². The minimum Gasteiger partial charge on any atom is -0.350 e. The Kier molecular flexibility index (Phi) is 3.50. The first-order valence-corrected chi connectivity index (χ1v) is 5.16. The van der Waals surface area contributed by atoms with E-state index in [9.17, 15) is 4.79 Å². The third kappa shape index (κ3) is 4.07. The van der Waals surface area contributed by atoms with Crippen molar-refractivity contribution < 1.29 is 4.79 Å². The van der Waals surface area contributed by atoms with E-state index < -0.39 is 0 Å². The highest BCUT2D eigenvalue weighted by Crippen LogP contribution is 2.06. The highest BCUT2D eigenvalue weighted by molar-refractivity contribution is 5.78. The van der Waals surface area contributed by atoms with Gasteiger partial charge in [0, 0.05) is 24.7 Å². The second kappa shape index (κ2) is 4.28. The third-order valence-corrected chi connectivity index (χ3v) is 2.19. The maximum absolute atomic E-state index is 11.5. The Morgan fingerprint density at radius 1 is 1.57 bits per heavy atom. The van der Waals surface area contributed by atoms with E-state index in [1.807, 2.05) is 20.8 Å². The Labute approximate surface area is 85.8 Å². The molecule has 0 unspecified atom stereocenters. The molecule has 0 aromatic heterocycles. The number of likely N-dealkylation sites (tertiary alicyclic amines) is 1. The van der Waals surface area contributed by atoms with E-state index in [0.29, 0.717) is 6.54 Å². The minimum absolute atomic E-state index is 0.0894. The van der Waals surface area contributed by atoms with Gasteiger partial charge < -0.3 is 11.1 Å². The second-order valence-electron chi connectivity index (χ2n) is 5.08. The number of rotatable bonds is 2. The van der Waals surface area contributed by atoms with Crippen molar-refractivity contribution in [2.45, 2.75) is 38.8 Å². The van der Waals surface area contributed by atoms with Crippen LogP contribution in [0.4, 0.5) is 0 Å². The van der Waals surface area contributed by atoms with Crippen molar-refractivity contribution in [2.75, 3.05) is 19.6 Å². The molecule has 1 rings (SSSR count). The van der Waals surface area contributed by atoms with Crippen molar-refractivity contribution in [3.63, 3.8) is 0 Å². The summed E-state index contributed by atoms with van der Waals surface area (Å²) in [5, 5.41) is 2.94. The van der Waals surface area contributed by atoms with Gasteiger partial charge in [-0.25, -0.2) is 0 Å². The molecule has 1 heterocycles. The number of carbonyl (C=O) groups excluding carboxylic acids is 1. The topological polar surface area (TPSA) is 58.4 Å². The molecule has 4 heteroatoms. The fourth-order valence-corrected chi connectivity index (χ4v) is 1.67. The van der Waals surface area contributed by atoms with Crippen molar-refractivity contribution in [2.24, 2.45) is 5.73 Å². The SMILES string of the molecule is CC(C)(C)NC(=O)CN1CC[C@@H](N)C1. The van der Waals surface area contributed by atoms with Crippen LogP contribution in [0, 0.1) is 0 Å². The van der Waals surface area contributed by atoms with Crippen LogP contribution in [0.1, 0.15) is 27.2 Å². The lowest BCUT2D eigenvalue weighted by molar-refractivity contribution is -0.123. The number of hydrogen-bond acceptors (Lipinski definition) is 3. The van der Waals surface area contributed by atoms with Crippen molar-refractivity contribution >= 4 is 5.91 Å². The van der Waals surface area contributed by atoms with E-state index in [1.54, 1.807) is 0 Å². The molecule has 14 heavy (non-hydrogen) atoms. The normalized spacial score (nSPS) is 23.9. The summed E-state index contributed by atoms with van der Waals surface area (Å²) in [6, 6.07) is 0.248. The van der Waals surface area contributed by atoms with Gasteiger partial charge in [0.1, 0.15) is 0 Å². The van der Waals surface area contributed by atoms with Gasteiger partial charge in [0.15, 0.2) is 0 Å². The Hall–Kier alpha value is -0.610. The zero-order valence-electron chi connectivity index (χ0n) is 9.34. The van der Waals surface area contributed by atoms with E-state index in [0.717, 1.165) is 19.5 Å². The van der Waals surface area contributed by atoms with Crippen LogP contribution in [0.15, 0.2) is 0 Å². The number of nitrogens with one attached hydrogen (secondary N) is 1. The average molecular weight is 199 g/mol. The summed E-state index contributed by atoms with van der Waals surface area (Å²) < 4.78 is 0. The number of nitrogens with two attached hydrogens (primary N) is 1. The summed E-state index contributed by atoms with van der Waals surface area (Å²) in [4.78, 5) is 13.6. The van der Waals surface area contributed by atoms with Crippen LogP contribution in [0.25, 0.3) is 0 Å². The number of hydrogen-bond donors (Lipinski definition) is 2. The molecule has 1 saturated heterocycles.